The fraction of sp³-hybridized carbons (Fsp3) is 0.600. The lowest BCUT2D eigenvalue weighted by atomic mass is 9.95. The molecule has 0 spiro atoms. The summed E-state index contributed by atoms with van der Waals surface area (Å²) in [6.07, 6.45) is 3.92. The van der Waals surface area contributed by atoms with Crippen molar-refractivity contribution < 1.29 is 0 Å². The Morgan fingerprint density at radius 2 is 2.27 bits per heavy atom. The summed E-state index contributed by atoms with van der Waals surface area (Å²) in [6, 6.07) is 2.26. The van der Waals surface area contributed by atoms with Crippen molar-refractivity contribution in [3.63, 3.8) is 0 Å². The maximum Gasteiger partial charge on any atom is -0.00584 e. The molecule has 0 radical (unpaired) electrons. The molecule has 0 bridgehead atoms. The Bertz CT molecular complexity index is 177. The average molecular weight is 168 g/mol. The van der Waals surface area contributed by atoms with Gasteiger partial charge in [-0.05, 0) is 41.1 Å². The summed E-state index contributed by atoms with van der Waals surface area (Å²) in [6.45, 7) is 4.53. The minimum Gasteiger partial charge on any atom is -0.152 e. The standard InChI is InChI=1S/C10H16S/c1-3-5-9(4-2)10-6-7-11-8-10/h6-9H,3-5H2,1-2H3. The van der Waals surface area contributed by atoms with Gasteiger partial charge in [0.05, 0.1) is 0 Å². The van der Waals surface area contributed by atoms with E-state index in [-0.39, 0.29) is 0 Å². The van der Waals surface area contributed by atoms with E-state index in [2.05, 4.69) is 30.7 Å². The molecule has 1 heterocycles. The number of hydrogen-bond acceptors (Lipinski definition) is 1. The predicted octanol–water partition coefficient (Wildman–Crippen LogP) is 4.04. The van der Waals surface area contributed by atoms with Gasteiger partial charge in [0.1, 0.15) is 0 Å². The Morgan fingerprint density at radius 1 is 1.45 bits per heavy atom. The van der Waals surface area contributed by atoms with Crippen LogP contribution in [0.3, 0.4) is 0 Å². The molecule has 0 fully saturated rings. The summed E-state index contributed by atoms with van der Waals surface area (Å²) in [5, 5.41) is 4.46. The first-order chi connectivity index (χ1) is 5.38. The average Bonchev–Trinajstić information content (AvgIpc) is 2.52. The minimum atomic E-state index is 0.811. The predicted molar refractivity (Wildman–Crippen MR) is 52.3 cm³/mol. The van der Waals surface area contributed by atoms with Crippen LogP contribution in [0, 0.1) is 0 Å². The lowest BCUT2D eigenvalue weighted by Crippen LogP contribution is -1.93. The highest BCUT2D eigenvalue weighted by atomic mass is 32.1. The fourth-order valence-electron chi connectivity index (χ4n) is 1.46. The van der Waals surface area contributed by atoms with Crippen LogP contribution in [0.15, 0.2) is 16.8 Å². The summed E-state index contributed by atoms with van der Waals surface area (Å²) >= 11 is 1.81. The van der Waals surface area contributed by atoms with Crippen molar-refractivity contribution in [1.82, 2.24) is 0 Å². The van der Waals surface area contributed by atoms with Gasteiger partial charge in [-0.3, -0.25) is 0 Å². The SMILES string of the molecule is CCCC(CC)c1ccsc1. The van der Waals surface area contributed by atoms with Crippen molar-refractivity contribution in [2.45, 2.75) is 39.0 Å². The van der Waals surface area contributed by atoms with Crippen LogP contribution in [0.5, 0.6) is 0 Å². The van der Waals surface area contributed by atoms with E-state index in [1.807, 2.05) is 11.3 Å². The van der Waals surface area contributed by atoms with Crippen molar-refractivity contribution in [2.24, 2.45) is 0 Å². The molecular formula is C10H16S. The molecule has 0 aromatic carbocycles. The van der Waals surface area contributed by atoms with Gasteiger partial charge >= 0.3 is 0 Å². The van der Waals surface area contributed by atoms with E-state index in [1.165, 1.54) is 19.3 Å². The van der Waals surface area contributed by atoms with E-state index in [4.69, 9.17) is 0 Å². The molecule has 1 aromatic rings. The highest BCUT2D eigenvalue weighted by Crippen LogP contribution is 2.25. The van der Waals surface area contributed by atoms with Crippen molar-refractivity contribution in [3.05, 3.63) is 22.4 Å². The highest BCUT2D eigenvalue weighted by Gasteiger charge is 2.07. The minimum absolute atomic E-state index is 0.811. The van der Waals surface area contributed by atoms with E-state index in [9.17, 15) is 0 Å². The van der Waals surface area contributed by atoms with Crippen LogP contribution in [0.4, 0.5) is 0 Å². The molecule has 0 nitrogen and oxygen atoms in total. The number of rotatable bonds is 4. The first-order valence-electron chi connectivity index (χ1n) is 4.40. The summed E-state index contributed by atoms with van der Waals surface area (Å²) < 4.78 is 0. The molecule has 62 valence electrons. The van der Waals surface area contributed by atoms with Crippen LogP contribution >= 0.6 is 11.3 Å². The normalized spacial score (nSPS) is 13.3. The molecule has 0 saturated heterocycles. The third-order valence-corrected chi connectivity index (χ3v) is 2.85. The van der Waals surface area contributed by atoms with Crippen LogP contribution in [-0.4, -0.2) is 0 Å². The van der Waals surface area contributed by atoms with E-state index in [1.54, 1.807) is 5.56 Å². The lowest BCUT2D eigenvalue weighted by molar-refractivity contribution is 0.597. The second-order valence-electron chi connectivity index (χ2n) is 2.95. The van der Waals surface area contributed by atoms with Gasteiger partial charge in [0.2, 0.25) is 0 Å². The molecule has 1 rings (SSSR count). The molecule has 1 unspecified atom stereocenters. The van der Waals surface area contributed by atoms with Crippen LogP contribution in [0.1, 0.15) is 44.6 Å². The highest BCUT2D eigenvalue weighted by molar-refractivity contribution is 7.07. The fourth-order valence-corrected chi connectivity index (χ4v) is 2.20. The molecule has 1 aromatic heterocycles. The Hall–Kier alpha value is -0.300. The topological polar surface area (TPSA) is 0 Å². The van der Waals surface area contributed by atoms with Gasteiger partial charge in [0.15, 0.2) is 0 Å². The quantitative estimate of drug-likeness (QED) is 0.636. The molecule has 0 aliphatic heterocycles. The molecule has 0 N–H and O–H groups in total. The van der Waals surface area contributed by atoms with Crippen molar-refractivity contribution >= 4 is 11.3 Å². The zero-order valence-corrected chi connectivity index (χ0v) is 8.16. The third-order valence-electron chi connectivity index (χ3n) is 2.14. The monoisotopic (exact) mass is 168 g/mol. The maximum atomic E-state index is 2.28. The zero-order valence-electron chi connectivity index (χ0n) is 7.34. The summed E-state index contributed by atoms with van der Waals surface area (Å²) in [5.74, 6) is 0.811. The van der Waals surface area contributed by atoms with Gasteiger partial charge in [-0.25, -0.2) is 0 Å². The maximum absolute atomic E-state index is 2.28. The van der Waals surface area contributed by atoms with Crippen LogP contribution < -0.4 is 0 Å². The second kappa shape index (κ2) is 4.55. The van der Waals surface area contributed by atoms with Gasteiger partial charge < -0.3 is 0 Å². The summed E-state index contributed by atoms with van der Waals surface area (Å²) in [5.41, 5.74) is 1.54. The zero-order chi connectivity index (χ0) is 8.10. The second-order valence-corrected chi connectivity index (χ2v) is 3.73. The van der Waals surface area contributed by atoms with Crippen molar-refractivity contribution in [3.8, 4) is 0 Å². The van der Waals surface area contributed by atoms with E-state index in [0.29, 0.717) is 0 Å². The third kappa shape index (κ3) is 2.33. The molecule has 0 aliphatic carbocycles. The van der Waals surface area contributed by atoms with E-state index >= 15 is 0 Å². The smallest absolute Gasteiger partial charge is 0.00584 e. The van der Waals surface area contributed by atoms with E-state index in [0.717, 1.165) is 5.92 Å². The Balaban J connectivity index is 2.56. The molecule has 0 saturated carbocycles. The van der Waals surface area contributed by atoms with Crippen molar-refractivity contribution in [1.29, 1.82) is 0 Å². The molecule has 0 amide bonds. The van der Waals surface area contributed by atoms with Crippen molar-refractivity contribution in [2.75, 3.05) is 0 Å². The number of thiophene rings is 1. The van der Waals surface area contributed by atoms with Gasteiger partial charge in [0, 0.05) is 0 Å². The van der Waals surface area contributed by atoms with Gasteiger partial charge in [0.25, 0.3) is 0 Å². The molecule has 1 heteroatoms. The Kier molecular flexibility index (Phi) is 3.64. The first-order valence-corrected chi connectivity index (χ1v) is 5.34. The van der Waals surface area contributed by atoms with Gasteiger partial charge in [-0.2, -0.15) is 11.3 Å². The van der Waals surface area contributed by atoms with Crippen LogP contribution in [0.2, 0.25) is 0 Å². The lowest BCUT2D eigenvalue weighted by Gasteiger charge is -2.10. The number of hydrogen-bond donors (Lipinski definition) is 0. The van der Waals surface area contributed by atoms with Crippen LogP contribution in [0.25, 0.3) is 0 Å². The molecular weight excluding hydrogens is 152 g/mol. The first kappa shape index (κ1) is 8.79. The van der Waals surface area contributed by atoms with Gasteiger partial charge in [-0.1, -0.05) is 20.3 Å². The van der Waals surface area contributed by atoms with E-state index < -0.39 is 0 Å². The summed E-state index contributed by atoms with van der Waals surface area (Å²) in [4.78, 5) is 0. The van der Waals surface area contributed by atoms with Gasteiger partial charge in [-0.15, -0.1) is 0 Å². The largest absolute Gasteiger partial charge is 0.152 e. The summed E-state index contributed by atoms with van der Waals surface area (Å²) in [7, 11) is 0. The molecule has 0 aliphatic rings. The molecule has 11 heavy (non-hydrogen) atoms. The van der Waals surface area contributed by atoms with Crippen LogP contribution in [-0.2, 0) is 0 Å². The Morgan fingerprint density at radius 3 is 2.73 bits per heavy atom. The molecule has 1 atom stereocenters. The Labute approximate surface area is 73.3 Å².